The summed E-state index contributed by atoms with van der Waals surface area (Å²) in [7, 11) is -1.64. The minimum absolute atomic E-state index is 0.160. The number of anilines is 1. The van der Waals surface area contributed by atoms with Crippen LogP contribution in [0.1, 0.15) is 27.2 Å². The molecule has 1 aliphatic heterocycles. The van der Waals surface area contributed by atoms with Crippen molar-refractivity contribution in [3.05, 3.63) is 82.0 Å². The Morgan fingerprint density at radius 1 is 1.12 bits per heavy atom. The van der Waals surface area contributed by atoms with Crippen molar-refractivity contribution in [1.82, 2.24) is 9.62 Å². The molecule has 2 aromatic carbocycles. The molecule has 0 unspecified atom stereocenters. The van der Waals surface area contributed by atoms with Gasteiger partial charge in [0.1, 0.15) is 0 Å². The summed E-state index contributed by atoms with van der Waals surface area (Å²) in [5, 5.41) is 4.90. The Hall–Kier alpha value is -2.68. The third kappa shape index (κ3) is 5.03. The number of carbonyl (C=O) groups is 1. The van der Waals surface area contributed by atoms with Crippen molar-refractivity contribution < 1.29 is 13.2 Å². The number of amides is 1. The number of benzene rings is 2. The zero-order valence-corrected chi connectivity index (χ0v) is 19.7. The van der Waals surface area contributed by atoms with Crippen LogP contribution in [-0.4, -0.2) is 45.3 Å². The third-order valence-electron chi connectivity index (χ3n) is 5.66. The van der Waals surface area contributed by atoms with Crippen LogP contribution in [0.2, 0.25) is 0 Å². The molecule has 0 saturated carbocycles. The monoisotopic (exact) mass is 469 g/mol. The number of hydrogen-bond donors (Lipinski definition) is 1. The standard InChI is InChI=1S/C24H27N3O3S2/c1-26(21-8-3-2-4-9-21)14-6-13-25-24(28)19-7-5-10-22(17-19)32(29,30)27-15-11-23-20(18-27)12-16-31-23/h2-5,7-10,12,16-17H,6,11,13-15,18H2,1H3,(H,25,28). The second-order valence-corrected chi connectivity index (χ2v) is 10.8. The lowest BCUT2D eigenvalue weighted by Gasteiger charge is -2.26. The van der Waals surface area contributed by atoms with E-state index in [4.69, 9.17) is 0 Å². The lowest BCUT2D eigenvalue weighted by atomic mass is 10.1. The number of fused-ring (bicyclic) bond motifs is 1. The molecule has 1 aromatic heterocycles. The Morgan fingerprint density at radius 2 is 1.94 bits per heavy atom. The molecule has 0 atom stereocenters. The molecule has 0 fully saturated rings. The first-order chi connectivity index (χ1) is 15.4. The van der Waals surface area contributed by atoms with Crippen molar-refractivity contribution in [3.63, 3.8) is 0 Å². The van der Waals surface area contributed by atoms with E-state index in [1.807, 2.05) is 48.8 Å². The Morgan fingerprint density at radius 3 is 2.75 bits per heavy atom. The molecule has 0 saturated heterocycles. The highest BCUT2D eigenvalue weighted by atomic mass is 32.2. The Balaban J connectivity index is 1.34. The van der Waals surface area contributed by atoms with Gasteiger partial charge in [-0.3, -0.25) is 4.79 Å². The van der Waals surface area contributed by atoms with Gasteiger partial charge in [-0.2, -0.15) is 4.31 Å². The van der Waals surface area contributed by atoms with E-state index in [1.165, 1.54) is 15.2 Å². The number of nitrogens with zero attached hydrogens (tertiary/aromatic N) is 2. The molecule has 4 rings (SSSR count). The molecule has 1 N–H and O–H groups in total. The van der Waals surface area contributed by atoms with Crippen molar-refractivity contribution in [1.29, 1.82) is 0 Å². The van der Waals surface area contributed by atoms with E-state index in [2.05, 4.69) is 10.2 Å². The van der Waals surface area contributed by atoms with E-state index in [0.717, 1.165) is 30.6 Å². The topological polar surface area (TPSA) is 69.7 Å². The number of nitrogens with one attached hydrogen (secondary N) is 1. The summed E-state index contributed by atoms with van der Waals surface area (Å²) in [6.07, 6.45) is 1.51. The Bertz CT molecular complexity index is 1180. The van der Waals surface area contributed by atoms with Crippen molar-refractivity contribution in [2.75, 3.05) is 31.6 Å². The van der Waals surface area contributed by atoms with Gasteiger partial charge in [0.05, 0.1) is 4.90 Å². The predicted molar refractivity (Wildman–Crippen MR) is 129 cm³/mol. The van der Waals surface area contributed by atoms with Gasteiger partial charge in [-0.1, -0.05) is 24.3 Å². The van der Waals surface area contributed by atoms with Crippen LogP contribution in [0.5, 0.6) is 0 Å². The van der Waals surface area contributed by atoms with Gasteiger partial charge in [-0.05, 0) is 60.2 Å². The largest absolute Gasteiger partial charge is 0.375 e. The van der Waals surface area contributed by atoms with E-state index < -0.39 is 10.0 Å². The average molecular weight is 470 g/mol. The Kier molecular flexibility index (Phi) is 6.93. The van der Waals surface area contributed by atoms with Crippen LogP contribution in [0.4, 0.5) is 5.69 Å². The first kappa shape index (κ1) is 22.5. The van der Waals surface area contributed by atoms with E-state index in [1.54, 1.807) is 29.5 Å². The predicted octanol–water partition coefficient (Wildman–Crippen LogP) is 3.75. The number of rotatable bonds is 8. The minimum Gasteiger partial charge on any atom is -0.375 e. The maximum atomic E-state index is 13.2. The number of para-hydroxylation sites is 1. The van der Waals surface area contributed by atoms with Crippen LogP contribution in [-0.2, 0) is 23.0 Å². The van der Waals surface area contributed by atoms with Crippen LogP contribution in [0.15, 0.2) is 70.9 Å². The second kappa shape index (κ2) is 9.85. The number of thiophene rings is 1. The van der Waals surface area contributed by atoms with Crippen LogP contribution in [0.3, 0.4) is 0 Å². The summed E-state index contributed by atoms with van der Waals surface area (Å²) in [5.74, 6) is -0.261. The van der Waals surface area contributed by atoms with Gasteiger partial charge in [-0.25, -0.2) is 8.42 Å². The van der Waals surface area contributed by atoms with Gasteiger partial charge in [0.25, 0.3) is 5.91 Å². The molecule has 0 spiro atoms. The summed E-state index contributed by atoms with van der Waals surface area (Å²) in [4.78, 5) is 16.2. The molecule has 0 radical (unpaired) electrons. The smallest absolute Gasteiger partial charge is 0.251 e. The summed E-state index contributed by atoms with van der Waals surface area (Å²) >= 11 is 1.67. The zero-order chi connectivity index (χ0) is 22.6. The molecule has 3 aromatic rings. The van der Waals surface area contributed by atoms with Crippen molar-refractivity contribution in [2.45, 2.75) is 24.3 Å². The quantitative estimate of drug-likeness (QED) is 0.510. The summed E-state index contributed by atoms with van der Waals surface area (Å²) in [6.45, 7) is 2.16. The zero-order valence-electron chi connectivity index (χ0n) is 18.0. The molecule has 32 heavy (non-hydrogen) atoms. The minimum atomic E-state index is -3.65. The summed E-state index contributed by atoms with van der Waals surface area (Å²) < 4.78 is 27.8. The van der Waals surface area contributed by atoms with Gasteiger partial charge in [-0.15, -0.1) is 11.3 Å². The van der Waals surface area contributed by atoms with E-state index >= 15 is 0 Å². The second-order valence-electron chi connectivity index (χ2n) is 7.85. The fourth-order valence-electron chi connectivity index (χ4n) is 3.81. The van der Waals surface area contributed by atoms with Gasteiger partial charge < -0.3 is 10.2 Å². The third-order valence-corrected chi connectivity index (χ3v) is 8.52. The highest BCUT2D eigenvalue weighted by Gasteiger charge is 2.29. The van der Waals surface area contributed by atoms with Crippen LogP contribution in [0, 0.1) is 0 Å². The molecular formula is C24H27N3O3S2. The van der Waals surface area contributed by atoms with E-state index in [0.29, 0.717) is 25.2 Å². The van der Waals surface area contributed by atoms with Crippen molar-refractivity contribution >= 4 is 33.0 Å². The number of hydrogen-bond acceptors (Lipinski definition) is 5. The fourth-order valence-corrected chi connectivity index (χ4v) is 6.16. The van der Waals surface area contributed by atoms with Gasteiger partial charge in [0.2, 0.25) is 10.0 Å². The SMILES string of the molecule is CN(CCCNC(=O)c1cccc(S(=O)(=O)N2CCc3sccc3C2)c1)c1ccccc1. The first-order valence-electron chi connectivity index (χ1n) is 10.6. The Labute approximate surface area is 193 Å². The summed E-state index contributed by atoms with van der Waals surface area (Å²) in [6, 6.07) is 18.4. The molecule has 6 nitrogen and oxygen atoms in total. The normalized spacial score (nSPS) is 14.0. The molecule has 1 aliphatic rings. The molecular weight excluding hydrogens is 442 g/mol. The van der Waals surface area contributed by atoms with Gasteiger partial charge in [0, 0.05) is 49.4 Å². The van der Waals surface area contributed by atoms with Crippen LogP contribution < -0.4 is 10.2 Å². The highest BCUT2D eigenvalue weighted by molar-refractivity contribution is 7.89. The highest BCUT2D eigenvalue weighted by Crippen LogP contribution is 2.28. The maximum absolute atomic E-state index is 13.2. The fraction of sp³-hybridized carbons (Fsp3) is 0.292. The molecule has 2 heterocycles. The number of carbonyl (C=O) groups excluding carboxylic acids is 1. The lowest BCUT2D eigenvalue weighted by Crippen LogP contribution is -2.35. The number of sulfonamides is 1. The summed E-state index contributed by atoms with van der Waals surface area (Å²) in [5.41, 5.74) is 2.55. The van der Waals surface area contributed by atoms with Crippen LogP contribution in [0.25, 0.3) is 0 Å². The molecule has 1 amide bonds. The van der Waals surface area contributed by atoms with Crippen LogP contribution >= 0.6 is 11.3 Å². The van der Waals surface area contributed by atoms with Crippen molar-refractivity contribution in [3.8, 4) is 0 Å². The van der Waals surface area contributed by atoms with E-state index in [9.17, 15) is 13.2 Å². The molecule has 168 valence electrons. The molecule has 0 bridgehead atoms. The maximum Gasteiger partial charge on any atom is 0.251 e. The van der Waals surface area contributed by atoms with E-state index in [-0.39, 0.29) is 10.8 Å². The lowest BCUT2D eigenvalue weighted by molar-refractivity contribution is 0.0953. The average Bonchev–Trinajstić information content (AvgIpc) is 3.30. The van der Waals surface area contributed by atoms with Gasteiger partial charge >= 0.3 is 0 Å². The van der Waals surface area contributed by atoms with Gasteiger partial charge in [0.15, 0.2) is 0 Å². The first-order valence-corrected chi connectivity index (χ1v) is 13.0. The van der Waals surface area contributed by atoms with Crippen molar-refractivity contribution in [2.24, 2.45) is 0 Å². The molecule has 8 heteroatoms. The molecule has 0 aliphatic carbocycles.